The van der Waals surface area contributed by atoms with Gasteiger partial charge in [-0.05, 0) is 82.5 Å². The van der Waals surface area contributed by atoms with Gasteiger partial charge in [-0.25, -0.2) is 9.97 Å². The van der Waals surface area contributed by atoms with Crippen molar-refractivity contribution in [3.8, 4) is 66.2 Å². The summed E-state index contributed by atoms with van der Waals surface area (Å²) in [4.78, 5) is 36.3. The molecule has 300 valence electrons. The highest BCUT2D eigenvalue weighted by molar-refractivity contribution is 7.14. The third-order valence-electron chi connectivity index (χ3n) is 10.6. The second-order valence-corrected chi connectivity index (χ2v) is 16.5. The average Bonchev–Trinajstić information content (AvgIpc) is 4.18. The van der Waals surface area contributed by atoms with Crippen LogP contribution in [-0.2, 0) is 6.54 Å². The van der Waals surface area contributed by atoms with Gasteiger partial charge in [-0.15, -0.1) is 22.7 Å². The molecule has 0 aliphatic carbocycles. The van der Waals surface area contributed by atoms with Crippen LogP contribution in [0.3, 0.4) is 0 Å². The Bertz CT molecular complexity index is 3470. The summed E-state index contributed by atoms with van der Waals surface area (Å²) < 4.78 is 0. The fraction of sp³-hybridized carbons (Fsp3) is 0.0638. The quantitative estimate of drug-likeness (QED) is 0.0945. The Balaban J connectivity index is 0.000000140. The molecule has 0 atom stereocenters. The molecule has 10 heterocycles. The molecule has 0 spiro atoms. The maximum absolute atomic E-state index is 4.92. The molecule has 0 aliphatic heterocycles. The fourth-order valence-corrected chi connectivity index (χ4v) is 9.08. The van der Waals surface area contributed by atoms with E-state index in [9.17, 15) is 0 Å². The SMILES string of the molecule is CCNCc1cncc(-c2ccc3[nH]nc(-c4nc5c(-c6cccs6)cncc5[nH]4)c3c2)c1.c1cncc(-c2ccc3[nH]nc(-c4nc5c(-c6cccs6)cncc5[nH]4)c3c2)c1. The average molecular weight is 846 g/mol. The highest BCUT2D eigenvalue weighted by atomic mass is 32.1. The Morgan fingerprint density at radius 1 is 0.532 bits per heavy atom. The van der Waals surface area contributed by atoms with Gasteiger partial charge >= 0.3 is 0 Å². The summed E-state index contributed by atoms with van der Waals surface area (Å²) in [5.41, 5.74) is 14.6. The molecule has 0 radical (unpaired) electrons. The van der Waals surface area contributed by atoms with Crippen LogP contribution in [0.1, 0.15) is 12.5 Å². The largest absolute Gasteiger partial charge is 0.335 e. The van der Waals surface area contributed by atoms with Crippen LogP contribution in [0.4, 0.5) is 0 Å². The molecule has 0 saturated carbocycles. The molecule has 12 rings (SSSR count). The van der Waals surface area contributed by atoms with Crippen LogP contribution in [-0.4, -0.2) is 66.8 Å². The van der Waals surface area contributed by atoms with Gasteiger partial charge in [0.25, 0.3) is 0 Å². The first-order valence-corrected chi connectivity index (χ1v) is 21.7. The van der Waals surface area contributed by atoms with Crippen LogP contribution in [0, 0.1) is 0 Å². The molecule has 0 bridgehead atoms. The molecule has 0 fully saturated rings. The summed E-state index contributed by atoms with van der Waals surface area (Å²) in [6.45, 7) is 3.83. The summed E-state index contributed by atoms with van der Waals surface area (Å²) in [5.74, 6) is 1.44. The van der Waals surface area contributed by atoms with E-state index >= 15 is 0 Å². The van der Waals surface area contributed by atoms with Gasteiger partial charge in [-0.2, -0.15) is 10.2 Å². The van der Waals surface area contributed by atoms with Crippen molar-refractivity contribution < 1.29 is 0 Å². The number of aromatic amines is 4. The lowest BCUT2D eigenvalue weighted by Gasteiger charge is -2.06. The number of rotatable bonds is 9. The number of imidazole rings is 2. The molecule has 2 aromatic carbocycles. The van der Waals surface area contributed by atoms with Crippen LogP contribution < -0.4 is 5.32 Å². The number of nitrogens with one attached hydrogen (secondary N) is 5. The van der Waals surface area contributed by atoms with E-state index in [2.05, 4.69) is 122 Å². The van der Waals surface area contributed by atoms with Crippen LogP contribution in [0.5, 0.6) is 0 Å². The molecule has 10 aromatic heterocycles. The first kappa shape index (κ1) is 37.3. The van der Waals surface area contributed by atoms with Gasteiger partial charge in [-0.1, -0.05) is 37.3 Å². The lowest BCUT2D eigenvalue weighted by atomic mass is 10.0. The summed E-state index contributed by atoms with van der Waals surface area (Å²) in [6, 6.07) is 26.9. The Hall–Kier alpha value is -7.72. The second kappa shape index (κ2) is 16.0. The van der Waals surface area contributed by atoms with Gasteiger partial charge < -0.3 is 15.3 Å². The third kappa shape index (κ3) is 6.99. The van der Waals surface area contributed by atoms with E-state index in [0.717, 1.165) is 129 Å². The van der Waals surface area contributed by atoms with Gasteiger partial charge in [0.1, 0.15) is 22.4 Å². The topological polar surface area (TPSA) is 178 Å². The number of aromatic nitrogens is 12. The summed E-state index contributed by atoms with van der Waals surface area (Å²) in [6.07, 6.45) is 14.8. The zero-order chi connectivity index (χ0) is 41.4. The maximum atomic E-state index is 4.92. The van der Waals surface area contributed by atoms with Crippen molar-refractivity contribution in [3.63, 3.8) is 0 Å². The number of thiophene rings is 2. The van der Waals surface area contributed by atoms with E-state index in [4.69, 9.17) is 9.97 Å². The van der Waals surface area contributed by atoms with Crippen molar-refractivity contribution in [2.24, 2.45) is 0 Å². The minimum atomic E-state index is 0.721. The normalized spacial score (nSPS) is 11.5. The van der Waals surface area contributed by atoms with Gasteiger partial charge in [0.15, 0.2) is 11.6 Å². The first-order valence-electron chi connectivity index (χ1n) is 19.9. The number of benzene rings is 2. The van der Waals surface area contributed by atoms with E-state index in [1.165, 1.54) is 0 Å². The second-order valence-electron chi connectivity index (χ2n) is 14.6. The molecular weight excluding hydrogens is 811 g/mol. The van der Waals surface area contributed by atoms with E-state index in [1.54, 1.807) is 35.1 Å². The number of hydrogen-bond acceptors (Lipinski definition) is 11. The van der Waals surface area contributed by atoms with Gasteiger partial charge in [0.2, 0.25) is 0 Å². The number of hydrogen-bond donors (Lipinski definition) is 5. The molecule has 0 unspecified atom stereocenters. The van der Waals surface area contributed by atoms with Gasteiger partial charge in [0.05, 0.1) is 34.5 Å². The maximum Gasteiger partial charge on any atom is 0.159 e. The number of nitrogens with zero attached hydrogens (tertiary/aromatic N) is 8. The molecule has 13 nitrogen and oxygen atoms in total. The van der Waals surface area contributed by atoms with Crippen molar-refractivity contribution in [2.75, 3.05) is 6.54 Å². The number of fused-ring (bicyclic) bond motifs is 4. The monoisotopic (exact) mass is 845 g/mol. The Morgan fingerprint density at radius 2 is 1.11 bits per heavy atom. The summed E-state index contributed by atoms with van der Waals surface area (Å²) in [7, 11) is 0. The molecule has 0 aliphatic rings. The molecule has 62 heavy (non-hydrogen) atoms. The van der Waals surface area contributed by atoms with Crippen molar-refractivity contribution >= 4 is 66.5 Å². The van der Waals surface area contributed by atoms with E-state index < -0.39 is 0 Å². The predicted molar refractivity (Wildman–Crippen MR) is 248 cm³/mol. The molecule has 0 amide bonds. The highest BCUT2D eigenvalue weighted by Crippen LogP contribution is 2.36. The van der Waals surface area contributed by atoms with Crippen LogP contribution in [0.2, 0.25) is 0 Å². The zero-order valence-electron chi connectivity index (χ0n) is 33.1. The minimum absolute atomic E-state index is 0.721. The molecular formula is C47H35N13S2. The van der Waals surface area contributed by atoms with Gasteiger partial charge in [0, 0.05) is 86.5 Å². The lowest BCUT2D eigenvalue weighted by Crippen LogP contribution is -2.11. The third-order valence-corrected chi connectivity index (χ3v) is 12.4. The molecule has 5 N–H and O–H groups in total. The number of H-pyrrole nitrogens is 4. The van der Waals surface area contributed by atoms with E-state index in [1.807, 2.05) is 67.5 Å². The van der Waals surface area contributed by atoms with Crippen molar-refractivity contribution in [1.29, 1.82) is 0 Å². The highest BCUT2D eigenvalue weighted by Gasteiger charge is 2.18. The van der Waals surface area contributed by atoms with Crippen molar-refractivity contribution in [2.45, 2.75) is 13.5 Å². The molecule has 12 aromatic rings. The fourth-order valence-electron chi connectivity index (χ4n) is 7.61. The smallest absolute Gasteiger partial charge is 0.159 e. The first-order chi connectivity index (χ1) is 30.7. The number of pyridine rings is 4. The Morgan fingerprint density at radius 3 is 1.66 bits per heavy atom. The minimum Gasteiger partial charge on any atom is -0.335 e. The van der Waals surface area contributed by atoms with E-state index in [-0.39, 0.29) is 0 Å². The van der Waals surface area contributed by atoms with E-state index in [0.29, 0.717) is 0 Å². The Kier molecular flexibility index (Phi) is 9.65. The zero-order valence-corrected chi connectivity index (χ0v) is 34.7. The predicted octanol–water partition coefficient (Wildman–Crippen LogP) is 10.7. The summed E-state index contributed by atoms with van der Waals surface area (Å²) >= 11 is 3.36. The van der Waals surface area contributed by atoms with Crippen molar-refractivity contribution in [3.05, 3.63) is 145 Å². The van der Waals surface area contributed by atoms with Gasteiger partial charge in [-0.3, -0.25) is 30.1 Å². The van der Waals surface area contributed by atoms with Crippen LogP contribution >= 0.6 is 22.7 Å². The van der Waals surface area contributed by atoms with Crippen LogP contribution in [0.15, 0.2) is 139 Å². The lowest BCUT2D eigenvalue weighted by molar-refractivity contribution is 0.724. The van der Waals surface area contributed by atoms with Crippen molar-refractivity contribution in [1.82, 2.24) is 65.6 Å². The summed E-state index contributed by atoms with van der Waals surface area (Å²) in [5, 5.41) is 24.9. The Labute approximate surface area is 361 Å². The molecule has 0 saturated heterocycles. The van der Waals surface area contributed by atoms with Crippen LogP contribution in [0.25, 0.3) is 110 Å². The molecule has 15 heteroatoms. The standard InChI is InChI=1S/C25H21N7S.C22H14N6S/c1-2-26-10-15-8-17(12-27-11-15)16-5-6-20-18(9-16)24(32-31-20)25-29-21-14-28-13-19(23(21)30-25)22-4-3-7-33-22;1-3-14(10-23-7-1)13-5-6-17-15(9-13)21(28-27-17)22-25-18-12-24-11-16(20(18)26-22)19-4-2-8-29-19/h3-9,11-14,26H,2,10H2,1H3,(H,29,30)(H,31,32);1-12H,(H,25,26)(H,27,28).